The van der Waals surface area contributed by atoms with Gasteiger partial charge in [0.1, 0.15) is 0 Å². The van der Waals surface area contributed by atoms with Crippen molar-refractivity contribution in [3.63, 3.8) is 0 Å². The molecule has 0 bridgehead atoms. The summed E-state index contributed by atoms with van der Waals surface area (Å²) in [6, 6.07) is 5.88. The first-order valence-electron chi connectivity index (χ1n) is 6.27. The Labute approximate surface area is 107 Å². The zero-order chi connectivity index (χ0) is 13.3. The third-order valence-electron chi connectivity index (χ3n) is 3.19. The molecule has 0 amide bonds. The van der Waals surface area contributed by atoms with Crippen molar-refractivity contribution >= 4 is 16.7 Å². The van der Waals surface area contributed by atoms with Crippen molar-refractivity contribution in [2.75, 3.05) is 12.4 Å². The molecular formula is C15H19NO2. The van der Waals surface area contributed by atoms with Crippen LogP contribution >= 0.6 is 0 Å². The molecule has 96 valence electrons. The van der Waals surface area contributed by atoms with Crippen molar-refractivity contribution in [1.29, 1.82) is 0 Å². The zero-order valence-corrected chi connectivity index (χ0v) is 11.3. The topological polar surface area (TPSA) is 42.2 Å². The van der Waals surface area contributed by atoms with Gasteiger partial charge in [0.2, 0.25) is 0 Å². The molecule has 0 radical (unpaired) electrons. The lowest BCUT2D eigenvalue weighted by Crippen LogP contribution is -2.13. The molecule has 1 aromatic carbocycles. The van der Waals surface area contributed by atoms with E-state index in [4.69, 9.17) is 4.42 Å². The minimum absolute atomic E-state index is 0.212. The minimum Gasteiger partial charge on any atom is -0.420 e. The Morgan fingerprint density at radius 2 is 2.06 bits per heavy atom. The number of nitrogens with one attached hydrogen (secondary N) is 1. The highest BCUT2D eigenvalue weighted by Crippen LogP contribution is 2.26. The van der Waals surface area contributed by atoms with Crippen LogP contribution in [0.15, 0.2) is 27.4 Å². The van der Waals surface area contributed by atoms with Crippen molar-refractivity contribution in [3.05, 3.63) is 39.7 Å². The van der Waals surface area contributed by atoms with E-state index in [1.165, 1.54) is 0 Å². The summed E-state index contributed by atoms with van der Waals surface area (Å²) in [6.45, 7) is 6.20. The van der Waals surface area contributed by atoms with Gasteiger partial charge in [-0.05, 0) is 30.9 Å². The van der Waals surface area contributed by atoms with E-state index in [1.54, 1.807) is 0 Å². The maximum atomic E-state index is 12.1. The Bertz CT molecular complexity index is 626. The van der Waals surface area contributed by atoms with Gasteiger partial charge in [-0.25, -0.2) is 4.79 Å². The van der Waals surface area contributed by atoms with Gasteiger partial charge in [-0.3, -0.25) is 0 Å². The summed E-state index contributed by atoms with van der Waals surface area (Å²) < 4.78 is 5.48. The predicted octanol–water partition coefficient (Wildman–Crippen LogP) is 3.34. The number of benzene rings is 1. The molecule has 0 spiro atoms. The van der Waals surface area contributed by atoms with E-state index in [9.17, 15) is 4.79 Å². The summed E-state index contributed by atoms with van der Waals surface area (Å²) in [7, 11) is 1.83. The molecule has 0 aliphatic heterocycles. The lowest BCUT2D eigenvalue weighted by atomic mass is 9.98. The second-order valence-electron chi connectivity index (χ2n) is 5.02. The van der Waals surface area contributed by atoms with Gasteiger partial charge in [-0.15, -0.1) is 0 Å². The first kappa shape index (κ1) is 12.7. The summed E-state index contributed by atoms with van der Waals surface area (Å²) in [5, 5.41) is 4.06. The van der Waals surface area contributed by atoms with Crippen LogP contribution < -0.4 is 10.9 Å². The van der Waals surface area contributed by atoms with E-state index >= 15 is 0 Å². The molecule has 0 fully saturated rings. The average Bonchev–Trinajstić information content (AvgIpc) is 2.33. The van der Waals surface area contributed by atoms with Crippen LogP contribution in [-0.4, -0.2) is 7.05 Å². The van der Waals surface area contributed by atoms with Gasteiger partial charge in [0.15, 0.2) is 5.58 Å². The molecule has 3 nitrogen and oxygen atoms in total. The maximum Gasteiger partial charge on any atom is 0.339 e. The van der Waals surface area contributed by atoms with Gasteiger partial charge < -0.3 is 9.73 Å². The van der Waals surface area contributed by atoms with Gasteiger partial charge in [0.05, 0.1) is 5.69 Å². The Morgan fingerprint density at radius 1 is 1.33 bits per heavy atom. The highest BCUT2D eigenvalue weighted by atomic mass is 16.4. The first-order valence-corrected chi connectivity index (χ1v) is 6.27. The normalized spacial score (nSPS) is 11.2. The molecule has 1 aromatic heterocycles. The lowest BCUT2D eigenvalue weighted by Gasteiger charge is -2.11. The molecule has 0 unspecified atom stereocenters. The molecular weight excluding hydrogens is 226 g/mol. The van der Waals surface area contributed by atoms with Crippen LogP contribution in [0.3, 0.4) is 0 Å². The van der Waals surface area contributed by atoms with E-state index in [1.807, 2.05) is 32.2 Å². The fourth-order valence-corrected chi connectivity index (χ4v) is 2.25. The highest BCUT2D eigenvalue weighted by Gasteiger charge is 2.14. The van der Waals surface area contributed by atoms with Crippen molar-refractivity contribution in [2.45, 2.75) is 27.2 Å². The van der Waals surface area contributed by atoms with Gasteiger partial charge in [0, 0.05) is 18.0 Å². The minimum atomic E-state index is -0.212. The third kappa shape index (κ3) is 2.13. The summed E-state index contributed by atoms with van der Waals surface area (Å²) in [5.74, 6) is 0.441. The van der Waals surface area contributed by atoms with E-state index in [-0.39, 0.29) is 5.63 Å². The van der Waals surface area contributed by atoms with Gasteiger partial charge in [-0.2, -0.15) is 0 Å². The molecule has 2 aromatic rings. The fourth-order valence-electron chi connectivity index (χ4n) is 2.25. The van der Waals surface area contributed by atoms with Crippen LogP contribution in [0.5, 0.6) is 0 Å². The van der Waals surface area contributed by atoms with Crippen LogP contribution in [0.2, 0.25) is 0 Å². The van der Waals surface area contributed by atoms with Gasteiger partial charge in [0.25, 0.3) is 0 Å². The summed E-state index contributed by atoms with van der Waals surface area (Å²) in [4.78, 5) is 12.1. The molecule has 2 rings (SSSR count). The van der Waals surface area contributed by atoms with E-state index in [0.717, 1.165) is 28.6 Å². The van der Waals surface area contributed by atoms with Crippen molar-refractivity contribution in [3.8, 4) is 0 Å². The molecule has 18 heavy (non-hydrogen) atoms. The summed E-state index contributed by atoms with van der Waals surface area (Å²) in [6.07, 6.45) is 0.758. The van der Waals surface area contributed by atoms with Crippen molar-refractivity contribution < 1.29 is 4.42 Å². The number of para-hydroxylation sites is 1. The van der Waals surface area contributed by atoms with Crippen molar-refractivity contribution in [2.24, 2.45) is 5.92 Å². The largest absolute Gasteiger partial charge is 0.420 e. The molecule has 0 atom stereocenters. The van der Waals surface area contributed by atoms with Gasteiger partial charge in [-0.1, -0.05) is 26.0 Å². The number of hydrogen-bond acceptors (Lipinski definition) is 3. The zero-order valence-electron chi connectivity index (χ0n) is 11.3. The highest BCUT2D eigenvalue weighted by molar-refractivity contribution is 5.91. The summed E-state index contributed by atoms with van der Waals surface area (Å²) >= 11 is 0. The molecule has 1 N–H and O–H groups in total. The Kier molecular flexibility index (Phi) is 3.41. The standard InChI is InChI=1S/C15H19NO2/c1-9(2)8-12-10(3)11-6-5-7-13(16-4)14(11)18-15(12)17/h5-7,9,16H,8H2,1-4H3. The monoisotopic (exact) mass is 245 g/mol. The molecule has 0 saturated heterocycles. The fraction of sp³-hybridized carbons (Fsp3) is 0.400. The second kappa shape index (κ2) is 4.84. The van der Waals surface area contributed by atoms with E-state index < -0.39 is 0 Å². The van der Waals surface area contributed by atoms with E-state index in [0.29, 0.717) is 11.5 Å². The van der Waals surface area contributed by atoms with Crippen LogP contribution in [0.1, 0.15) is 25.0 Å². The van der Waals surface area contributed by atoms with Crippen LogP contribution in [0.25, 0.3) is 11.0 Å². The number of hydrogen-bond donors (Lipinski definition) is 1. The number of rotatable bonds is 3. The molecule has 3 heteroatoms. The third-order valence-corrected chi connectivity index (χ3v) is 3.19. The summed E-state index contributed by atoms with van der Waals surface area (Å²) in [5.41, 5.74) is 3.12. The molecule has 0 saturated carbocycles. The maximum absolute atomic E-state index is 12.1. The Hall–Kier alpha value is -1.77. The van der Waals surface area contributed by atoms with Crippen LogP contribution in [0.4, 0.5) is 5.69 Å². The smallest absolute Gasteiger partial charge is 0.339 e. The lowest BCUT2D eigenvalue weighted by molar-refractivity contribution is 0.534. The molecule has 0 aliphatic carbocycles. The van der Waals surface area contributed by atoms with Crippen LogP contribution in [-0.2, 0) is 6.42 Å². The SMILES string of the molecule is CNc1cccc2c(C)c(CC(C)C)c(=O)oc12. The number of aryl methyl sites for hydroxylation is 1. The quantitative estimate of drug-likeness (QED) is 0.843. The number of anilines is 1. The molecule has 0 aliphatic rings. The van der Waals surface area contributed by atoms with E-state index in [2.05, 4.69) is 19.2 Å². The van der Waals surface area contributed by atoms with Crippen LogP contribution in [0, 0.1) is 12.8 Å². The number of fused-ring (bicyclic) bond motifs is 1. The second-order valence-corrected chi connectivity index (χ2v) is 5.02. The molecule has 1 heterocycles. The predicted molar refractivity (Wildman–Crippen MR) is 75.3 cm³/mol. The van der Waals surface area contributed by atoms with Crippen molar-refractivity contribution in [1.82, 2.24) is 0 Å². The Morgan fingerprint density at radius 3 is 2.67 bits per heavy atom. The van der Waals surface area contributed by atoms with Gasteiger partial charge >= 0.3 is 5.63 Å². The Balaban J connectivity index is 2.75. The average molecular weight is 245 g/mol. The first-order chi connectivity index (χ1) is 8.54.